The van der Waals surface area contributed by atoms with E-state index >= 15 is 0 Å². The first-order chi connectivity index (χ1) is 20.2. The fraction of sp³-hybridized carbons (Fsp3) is 0.433. The summed E-state index contributed by atoms with van der Waals surface area (Å²) in [7, 11) is 0. The lowest BCUT2D eigenvalue weighted by Gasteiger charge is -2.28. The van der Waals surface area contributed by atoms with Crippen LogP contribution in [0.1, 0.15) is 38.2 Å². The lowest BCUT2D eigenvalue weighted by molar-refractivity contribution is -0.134. The molecule has 2 amide bonds. The number of nitrogens with one attached hydrogen (secondary N) is 3. The molecule has 2 fully saturated rings. The molecule has 222 valence electrons. The van der Waals surface area contributed by atoms with Crippen molar-refractivity contribution in [3.63, 3.8) is 0 Å². The molecule has 2 aromatic carbocycles. The Morgan fingerprint density at radius 2 is 1.98 bits per heavy atom. The van der Waals surface area contributed by atoms with Gasteiger partial charge in [-0.15, -0.1) is 0 Å². The number of aromatic nitrogens is 3. The summed E-state index contributed by atoms with van der Waals surface area (Å²) < 4.78 is 44.6. The van der Waals surface area contributed by atoms with Crippen molar-refractivity contribution < 1.29 is 27.9 Å². The van der Waals surface area contributed by atoms with Gasteiger partial charge in [0.05, 0.1) is 16.7 Å². The zero-order valence-electron chi connectivity index (χ0n) is 23.2. The minimum absolute atomic E-state index is 0.151. The van der Waals surface area contributed by atoms with Crippen molar-refractivity contribution in [2.24, 2.45) is 0 Å². The Bertz CT molecular complexity index is 1650. The van der Waals surface area contributed by atoms with Gasteiger partial charge in [0.15, 0.2) is 5.82 Å². The molecule has 0 spiro atoms. The van der Waals surface area contributed by atoms with Gasteiger partial charge < -0.3 is 30.2 Å². The SMILES string of the molecule is CC[C@H](NC(=O)O)C(=O)N1CCC[C@H]1Cc1c(-c2nc3cc(F)ccc3n2C[C@@H]2C[C@H](F)CN2)[nH]c2cc(F)ccc12. The van der Waals surface area contributed by atoms with Crippen LogP contribution < -0.4 is 10.6 Å². The molecule has 0 bridgehead atoms. The highest BCUT2D eigenvalue weighted by Gasteiger charge is 2.35. The van der Waals surface area contributed by atoms with E-state index < -0.39 is 29.9 Å². The van der Waals surface area contributed by atoms with Gasteiger partial charge in [0.2, 0.25) is 5.91 Å². The number of carboxylic acid groups (broad SMARTS) is 1. The summed E-state index contributed by atoms with van der Waals surface area (Å²) in [6.45, 7) is 2.92. The molecule has 4 aromatic rings. The van der Waals surface area contributed by atoms with Crippen LogP contribution >= 0.6 is 0 Å². The van der Waals surface area contributed by atoms with E-state index in [-0.39, 0.29) is 24.5 Å². The molecule has 4 N–H and O–H groups in total. The predicted octanol–water partition coefficient (Wildman–Crippen LogP) is 4.74. The summed E-state index contributed by atoms with van der Waals surface area (Å²) in [6, 6.07) is 7.64. The molecular weight excluding hydrogens is 549 g/mol. The third-order valence-corrected chi connectivity index (χ3v) is 8.48. The Hall–Kier alpha value is -4.06. The summed E-state index contributed by atoms with van der Waals surface area (Å²) in [5.74, 6) is -0.599. The molecule has 2 aromatic heterocycles. The van der Waals surface area contributed by atoms with Crippen LogP contribution in [0.15, 0.2) is 36.4 Å². The van der Waals surface area contributed by atoms with Gasteiger partial charge in [-0.2, -0.15) is 0 Å². The maximum Gasteiger partial charge on any atom is 0.405 e. The second kappa shape index (κ2) is 11.3. The van der Waals surface area contributed by atoms with Crippen LogP contribution in [-0.2, 0) is 17.8 Å². The summed E-state index contributed by atoms with van der Waals surface area (Å²) in [6.07, 6.45) is 0.357. The highest BCUT2D eigenvalue weighted by atomic mass is 19.1. The summed E-state index contributed by atoms with van der Waals surface area (Å²) in [5.41, 5.74) is 3.14. The Labute approximate surface area is 240 Å². The highest BCUT2D eigenvalue weighted by Crippen LogP contribution is 2.36. The molecule has 0 aliphatic carbocycles. The van der Waals surface area contributed by atoms with Crippen LogP contribution in [0.5, 0.6) is 0 Å². The van der Waals surface area contributed by atoms with E-state index in [2.05, 4.69) is 15.6 Å². The van der Waals surface area contributed by atoms with E-state index in [9.17, 15) is 27.9 Å². The molecule has 2 aliphatic heterocycles. The van der Waals surface area contributed by atoms with E-state index in [1.165, 1.54) is 24.3 Å². The van der Waals surface area contributed by atoms with E-state index in [0.29, 0.717) is 66.8 Å². The minimum atomic E-state index is -1.25. The number of H-pyrrole nitrogens is 1. The zero-order chi connectivity index (χ0) is 29.5. The van der Waals surface area contributed by atoms with Crippen LogP contribution in [0.3, 0.4) is 0 Å². The smallest absolute Gasteiger partial charge is 0.405 e. The first-order valence-electron chi connectivity index (χ1n) is 14.4. The van der Waals surface area contributed by atoms with E-state index in [1.807, 2.05) is 4.57 Å². The molecule has 0 radical (unpaired) electrons. The number of aromatic amines is 1. The molecule has 4 heterocycles. The van der Waals surface area contributed by atoms with Crippen molar-refractivity contribution in [3.05, 3.63) is 53.6 Å². The van der Waals surface area contributed by atoms with Gasteiger partial charge in [-0.1, -0.05) is 6.92 Å². The van der Waals surface area contributed by atoms with E-state index in [0.717, 1.165) is 17.4 Å². The number of likely N-dealkylation sites (tertiary alicyclic amines) is 1. The van der Waals surface area contributed by atoms with Crippen LogP contribution in [-0.4, -0.2) is 73.9 Å². The molecular formula is C30H33F3N6O3. The number of nitrogens with zero attached hydrogens (tertiary/aromatic N) is 3. The van der Waals surface area contributed by atoms with Crippen LogP contribution in [0.25, 0.3) is 33.5 Å². The monoisotopic (exact) mass is 582 g/mol. The Balaban J connectivity index is 1.44. The Kier molecular flexibility index (Phi) is 7.56. The lowest BCUT2D eigenvalue weighted by Crippen LogP contribution is -2.49. The second-order valence-electron chi connectivity index (χ2n) is 11.2. The number of rotatable bonds is 8. The first kappa shape index (κ1) is 28.1. The summed E-state index contributed by atoms with van der Waals surface area (Å²) >= 11 is 0. The third kappa shape index (κ3) is 5.31. The molecule has 4 atom stereocenters. The van der Waals surface area contributed by atoms with Crippen molar-refractivity contribution >= 4 is 33.9 Å². The largest absolute Gasteiger partial charge is 0.465 e. The van der Waals surface area contributed by atoms with Crippen molar-refractivity contribution in [1.82, 2.24) is 30.1 Å². The number of hydrogen-bond acceptors (Lipinski definition) is 4. The number of imidazole rings is 1. The minimum Gasteiger partial charge on any atom is -0.465 e. The van der Waals surface area contributed by atoms with Gasteiger partial charge in [-0.3, -0.25) is 4.79 Å². The van der Waals surface area contributed by atoms with Crippen LogP contribution in [0.2, 0.25) is 0 Å². The number of carbonyl (C=O) groups is 2. The normalized spacial score (nSPS) is 21.4. The fourth-order valence-corrected chi connectivity index (χ4v) is 6.50. The van der Waals surface area contributed by atoms with Crippen LogP contribution in [0.4, 0.5) is 18.0 Å². The number of amides is 2. The number of fused-ring (bicyclic) bond motifs is 2. The van der Waals surface area contributed by atoms with E-state index in [4.69, 9.17) is 4.98 Å². The molecule has 2 saturated heterocycles. The van der Waals surface area contributed by atoms with Crippen molar-refractivity contribution in [1.29, 1.82) is 0 Å². The van der Waals surface area contributed by atoms with Crippen LogP contribution in [0, 0.1) is 11.6 Å². The molecule has 0 unspecified atom stereocenters. The molecule has 0 saturated carbocycles. The fourth-order valence-electron chi connectivity index (χ4n) is 6.50. The van der Waals surface area contributed by atoms with E-state index in [1.54, 1.807) is 24.0 Å². The zero-order valence-corrected chi connectivity index (χ0v) is 23.2. The molecule has 2 aliphatic rings. The quantitative estimate of drug-likeness (QED) is 0.240. The Morgan fingerprint density at radius 3 is 2.71 bits per heavy atom. The van der Waals surface area contributed by atoms with Crippen molar-refractivity contribution in [2.45, 2.75) is 69.9 Å². The van der Waals surface area contributed by atoms with Gasteiger partial charge in [0, 0.05) is 48.7 Å². The van der Waals surface area contributed by atoms with Crippen molar-refractivity contribution in [3.8, 4) is 11.5 Å². The number of halogens is 3. The topological polar surface area (TPSA) is 115 Å². The van der Waals surface area contributed by atoms with Gasteiger partial charge >= 0.3 is 6.09 Å². The van der Waals surface area contributed by atoms with Gasteiger partial charge in [0.1, 0.15) is 23.8 Å². The van der Waals surface area contributed by atoms with Crippen molar-refractivity contribution in [2.75, 3.05) is 13.1 Å². The Morgan fingerprint density at radius 1 is 1.19 bits per heavy atom. The molecule has 9 nitrogen and oxygen atoms in total. The first-order valence-corrected chi connectivity index (χ1v) is 14.4. The van der Waals surface area contributed by atoms with Gasteiger partial charge in [-0.25, -0.2) is 22.9 Å². The average molecular weight is 583 g/mol. The number of benzene rings is 2. The van der Waals surface area contributed by atoms with Gasteiger partial charge in [-0.05, 0) is 68.0 Å². The number of alkyl halides is 1. The second-order valence-corrected chi connectivity index (χ2v) is 11.2. The summed E-state index contributed by atoms with van der Waals surface area (Å²) in [4.78, 5) is 34.6. The average Bonchev–Trinajstić information content (AvgIpc) is 3.73. The lowest BCUT2D eigenvalue weighted by atomic mass is 9.99. The number of hydrogen-bond donors (Lipinski definition) is 4. The highest BCUT2D eigenvalue weighted by molar-refractivity contribution is 5.92. The maximum atomic E-state index is 14.3. The molecule has 12 heteroatoms. The summed E-state index contributed by atoms with van der Waals surface area (Å²) in [5, 5.41) is 15.5. The molecule has 6 rings (SSSR count). The molecule has 42 heavy (non-hydrogen) atoms. The standard InChI is InChI=1S/C30H33F3N6O3/c1-2-23(37-30(41)42)29(40)38-9-3-4-20(38)13-22-21-7-5-16(31)11-24(21)35-27(22)28-36-25-12-17(32)6-8-26(25)39(28)15-19-10-18(33)14-34-19/h5-8,11-12,18-20,23,34-35,37H,2-4,9-10,13-15H2,1H3,(H,41,42)/t18-,19-,20-,23-/m0/s1. The van der Waals surface area contributed by atoms with Gasteiger partial charge in [0.25, 0.3) is 0 Å². The third-order valence-electron chi connectivity index (χ3n) is 8.48. The number of carbonyl (C=O) groups excluding carboxylic acids is 1. The predicted molar refractivity (Wildman–Crippen MR) is 152 cm³/mol. The maximum absolute atomic E-state index is 14.3.